The van der Waals surface area contributed by atoms with Gasteiger partial charge in [-0.25, -0.2) is 0 Å². The fourth-order valence-corrected chi connectivity index (χ4v) is 2.38. The van der Waals surface area contributed by atoms with E-state index in [4.69, 9.17) is 9.47 Å². The number of methoxy groups -OCH3 is 1. The first kappa shape index (κ1) is 13.4. The highest BCUT2D eigenvalue weighted by Crippen LogP contribution is 2.27. The number of carbonyl (C=O) groups excluding carboxylic acids is 1. The van der Waals surface area contributed by atoms with E-state index in [1.54, 1.807) is 7.11 Å². The molecule has 0 fully saturated rings. The van der Waals surface area contributed by atoms with Crippen LogP contribution in [0.4, 0.5) is 0 Å². The molecule has 0 radical (unpaired) electrons. The van der Waals surface area contributed by atoms with Gasteiger partial charge in [0, 0.05) is 12.0 Å². The lowest BCUT2D eigenvalue weighted by Crippen LogP contribution is -2.01. The summed E-state index contributed by atoms with van der Waals surface area (Å²) in [7, 11) is 1.64. The van der Waals surface area contributed by atoms with Gasteiger partial charge < -0.3 is 9.47 Å². The van der Waals surface area contributed by atoms with Crippen LogP contribution in [0.5, 0.6) is 11.5 Å². The van der Waals surface area contributed by atoms with Gasteiger partial charge in [0.25, 0.3) is 0 Å². The normalized spacial score (nSPS) is 16.0. The molecule has 3 nitrogen and oxygen atoms in total. The smallest absolute Gasteiger partial charge is 0.192 e. The third-order valence-corrected chi connectivity index (χ3v) is 3.51. The van der Waals surface area contributed by atoms with Crippen LogP contribution in [0, 0.1) is 0 Å². The monoisotopic (exact) mass is 280 g/mol. The minimum atomic E-state index is 0.0407. The summed E-state index contributed by atoms with van der Waals surface area (Å²) in [6, 6.07) is 15.0. The molecule has 0 aromatic heterocycles. The van der Waals surface area contributed by atoms with E-state index in [-0.39, 0.29) is 5.78 Å². The van der Waals surface area contributed by atoms with Gasteiger partial charge in [0.05, 0.1) is 19.3 Å². The molecule has 0 unspecified atom stereocenters. The van der Waals surface area contributed by atoms with Crippen molar-refractivity contribution in [3.8, 4) is 11.5 Å². The molecule has 21 heavy (non-hydrogen) atoms. The fourth-order valence-electron chi connectivity index (χ4n) is 2.38. The van der Waals surface area contributed by atoms with Crippen molar-refractivity contribution in [2.45, 2.75) is 6.42 Å². The first-order chi connectivity index (χ1) is 10.3. The quantitative estimate of drug-likeness (QED) is 0.786. The number of para-hydroxylation sites is 1. The summed E-state index contributed by atoms with van der Waals surface area (Å²) in [5.41, 5.74) is 2.39. The molecule has 0 saturated carbocycles. The molecule has 0 bridgehead atoms. The van der Waals surface area contributed by atoms with Crippen LogP contribution >= 0.6 is 0 Å². The van der Waals surface area contributed by atoms with Crippen molar-refractivity contribution in [2.24, 2.45) is 0 Å². The third kappa shape index (κ3) is 2.82. The maximum absolute atomic E-state index is 12.6. The Morgan fingerprint density at radius 2 is 1.86 bits per heavy atom. The van der Waals surface area contributed by atoms with E-state index in [0.717, 1.165) is 16.9 Å². The van der Waals surface area contributed by atoms with Gasteiger partial charge in [0.2, 0.25) is 0 Å². The molecule has 0 amide bonds. The molecule has 0 saturated heterocycles. The SMILES string of the molecule is COc1ccc(/C=C2\CCOc3ccccc3C2=O)cc1. The topological polar surface area (TPSA) is 35.5 Å². The maximum Gasteiger partial charge on any atom is 0.192 e. The van der Waals surface area contributed by atoms with E-state index in [0.29, 0.717) is 24.3 Å². The molecule has 0 spiro atoms. The van der Waals surface area contributed by atoms with Crippen molar-refractivity contribution in [3.05, 3.63) is 65.2 Å². The van der Waals surface area contributed by atoms with E-state index < -0.39 is 0 Å². The Hall–Kier alpha value is -2.55. The van der Waals surface area contributed by atoms with E-state index in [9.17, 15) is 4.79 Å². The average Bonchev–Trinajstić information content (AvgIpc) is 2.69. The number of hydrogen-bond donors (Lipinski definition) is 0. The Morgan fingerprint density at radius 1 is 1.10 bits per heavy atom. The highest BCUT2D eigenvalue weighted by atomic mass is 16.5. The maximum atomic E-state index is 12.6. The van der Waals surface area contributed by atoms with Crippen LogP contribution in [-0.4, -0.2) is 19.5 Å². The van der Waals surface area contributed by atoms with Crippen LogP contribution in [0.2, 0.25) is 0 Å². The predicted octanol–water partition coefficient (Wildman–Crippen LogP) is 3.74. The predicted molar refractivity (Wildman–Crippen MR) is 81.9 cm³/mol. The second-order valence-electron chi connectivity index (χ2n) is 4.87. The van der Waals surface area contributed by atoms with Crippen LogP contribution in [0.25, 0.3) is 6.08 Å². The molecule has 1 heterocycles. The lowest BCUT2D eigenvalue weighted by molar-refractivity contribution is 0.103. The second kappa shape index (κ2) is 5.83. The van der Waals surface area contributed by atoms with E-state index in [1.807, 2.05) is 54.6 Å². The third-order valence-electron chi connectivity index (χ3n) is 3.51. The number of rotatable bonds is 2. The zero-order chi connectivity index (χ0) is 14.7. The first-order valence-electron chi connectivity index (χ1n) is 6.89. The zero-order valence-electron chi connectivity index (χ0n) is 11.8. The molecule has 0 N–H and O–H groups in total. The summed E-state index contributed by atoms with van der Waals surface area (Å²) in [6.45, 7) is 0.519. The van der Waals surface area contributed by atoms with Gasteiger partial charge in [-0.1, -0.05) is 24.3 Å². The highest BCUT2D eigenvalue weighted by molar-refractivity contribution is 6.13. The number of ketones is 1. The summed E-state index contributed by atoms with van der Waals surface area (Å²) in [5.74, 6) is 1.51. The van der Waals surface area contributed by atoms with Gasteiger partial charge in [-0.2, -0.15) is 0 Å². The van der Waals surface area contributed by atoms with Crippen LogP contribution < -0.4 is 9.47 Å². The average molecular weight is 280 g/mol. The Labute approximate surface area is 123 Å². The summed E-state index contributed by atoms with van der Waals surface area (Å²) in [6.07, 6.45) is 2.53. The Balaban J connectivity index is 1.94. The van der Waals surface area contributed by atoms with Crippen molar-refractivity contribution in [2.75, 3.05) is 13.7 Å². The minimum absolute atomic E-state index is 0.0407. The van der Waals surface area contributed by atoms with E-state index in [2.05, 4.69) is 0 Å². The van der Waals surface area contributed by atoms with Gasteiger partial charge in [0.15, 0.2) is 5.78 Å². The minimum Gasteiger partial charge on any atom is -0.497 e. The number of ether oxygens (including phenoxy) is 2. The molecule has 0 aliphatic carbocycles. The molecule has 3 rings (SSSR count). The molecule has 1 aliphatic rings. The Bertz CT molecular complexity index is 684. The fraction of sp³-hybridized carbons (Fsp3) is 0.167. The molecular formula is C18H16O3. The molecule has 106 valence electrons. The largest absolute Gasteiger partial charge is 0.497 e. The number of hydrogen-bond acceptors (Lipinski definition) is 3. The Morgan fingerprint density at radius 3 is 2.62 bits per heavy atom. The molecule has 1 aliphatic heterocycles. The molecule has 2 aromatic rings. The van der Waals surface area contributed by atoms with Crippen molar-refractivity contribution < 1.29 is 14.3 Å². The summed E-state index contributed by atoms with van der Waals surface area (Å²) in [4.78, 5) is 12.6. The van der Waals surface area contributed by atoms with E-state index >= 15 is 0 Å². The van der Waals surface area contributed by atoms with Gasteiger partial charge in [0.1, 0.15) is 11.5 Å². The number of Topliss-reactive ketones (excluding diaryl/α,β-unsaturated/α-hetero) is 1. The molecule has 3 heteroatoms. The Kier molecular flexibility index (Phi) is 3.73. The standard InChI is InChI=1S/C18H16O3/c1-20-15-8-6-13(7-9-15)12-14-10-11-21-17-5-3-2-4-16(17)18(14)19/h2-9,12H,10-11H2,1H3/b14-12+. The number of fused-ring (bicyclic) bond motifs is 1. The van der Waals surface area contributed by atoms with Crippen molar-refractivity contribution in [3.63, 3.8) is 0 Å². The van der Waals surface area contributed by atoms with Crippen LogP contribution in [0.3, 0.4) is 0 Å². The first-order valence-corrected chi connectivity index (χ1v) is 6.89. The van der Waals surface area contributed by atoms with E-state index in [1.165, 1.54) is 0 Å². The lowest BCUT2D eigenvalue weighted by Gasteiger charge is -2.04. The second-order valence-corrected chi connectivity index (χ2v) is 4.87. The lowest BCUT2D eigenvalue weighted by atomic mass is 9.99. The van der Waals surface area contributed by atoms with Gasteiger partial charge in [-0.05, 0) is 35.9 Å². The van der Waals surface area contributed by atoms with Crippen LogP contribution in [0.1, 0.15) is 22.3 Å². The van der Waals surface area contributed by atoms with Crippen LogP contribution in [0.15, 0.2) is 54.1 Å². The van der Waals surface area contributed by atoms with Gasteiger partial charge in [-0.15, -0.1) is 0 Å². The van der Waals surface area contributed by atoms with Crippen LogP contribution in [-0.2, 0) is 0 Å². The van der Waals surface area contributed by atoms with Gasteiger partial charge >= 0.3 is 0 Å². The van der Waals surface area contributed by atoms with Crippen molar-refractivity contribution in [1.82, 2.24) is 0 Å². The molecule has 0 atom stereocenters. The molecule has 2 aromatic carbocycles. The zero-order valence-corrected chi connectivity index (χ0v) is 11.8. The summed E-state index contributed by atoms with van der Waals surface area (Å²) in [5, 5.41) is 0. The summed E-state index contributed by atoms with van der Waals surface area (Å²) >= 11 is 0. The highest BCUT2D eigenvalue weighted by Gasteiger charge is 2.20. The summed E-state index contributed by atoms with van der Waals surface area (Å²) < 4.78 is 10.8. The van der Waals surface area contributed by atoms with Gasteiger partial charge in [-0.3, -0.25) is 4.79 Å². The molecular weight excluding hydrogens is 264 g/mol. The van der Waals surface area contributed by atoms with Crippen molar-refractivity contribution in [1.29, 1.82) is 0 Å². The number of carbonyl (C=O) groups is 1. The van der Waals surface area contributed by atoms with Crippen molar-refractivity contribution >= 4 is 11.9 Å². The number of benzene rings is 2.